The van der Waals surface area contributed by atoms with Gasteiger partial charge in [0.1, 0.15) is 0 Å². The topological polar surface area (TPSA) is 41.1 Å². The Bertz CT molecular complexity index is 366. The largest absolute Gasteiger partial charge is 0.325 e. The van der Waals surface area contributed by atoms with Gasteiger partial charge in [0.2, 0.25) is 5.91 Å². The van der Waals surface area contributed by atoms with Gasteiger partial charge in [0.05, 0.1) is 5.69 Å². The summed E-state index contributed by atoms with van der Waals surface area (Å²) >= 11 is 3.41. The molecule has 1 aromatic rings. The fourth-order valence-electron chi connectivity index (χ4n) is 1.33. The van der Waals surface area contributed by atoms with Crippen LogP contribution in [0.5, 0.6) is 0 Å². The number of amides is 1. The summed E-state index contributed by atoms with van der Waals surface area (Å²) in [6.45, 7) is 5.63. The van der Waals surface area contributed by atoms with Crippen LogP contribution in [0.25, 0.3) is 0 Å². The highest BCUT2D eigenvalue weighted by Gasteiger charge is 2.05. The maximum absolute atomic E-state index is 11.6. The minimum atomic E-state index is 0.0345. The van der Waals surface area contributed by atoms with E-state index >= 15 is 0 Å². The SMILES string of the molecule is CCNCCC(=O)Nc1cc(C)ccc1Br. The number of anilines is 1. The van der Waals surface area contributed by atoms with Crippen LogP contribution in [0, 0.1) is 6.92 Å². The third-order valence-corrected chi connectivity index (χ3v) is 2.87. The first-order valence-corrected chi connectivity index (χ1v) is 6.19. The van der Waals surface area contributed by atoms with Crippen LogP contribution in [0.15, 0.2) is 22.7 Å². The lowest BCUT2D eigenvalue weighted by Gasteiger charge is -2.08. The average molecular weight is 285 g/mol. The van der Waals surface area contributed by atoms with Gasteiger partial charge in [0, 0.05) is 17.4 Å². The van der Waals surface area contributed by atoms with Crippen molar-refractivity contribution in [2.24, 2.45) is 0 Å². The minimum Gasteiger partial charge on any atom is -0.325 e. The molecule has 2 N–H and O–H groups in total. The van der Waals surface area contributed by atoms with Gasteiger partial charge in [0.15, 0.2) is 0 Å². The van der Waals surface area contributed by atoms with Gasteiger partial charge >= 0.3 is 0 Å². The van der Waals surface area contributed by atoms with Crippen molar-refractivity contribution in [3.05, 3.63) is 28.2 Å². The van der Waals surface area contributed by atoms with Crippen LogP contribution in [-0.4, -0.2) is 19.0 Å². The molecule has 0 aromatic heterocycles. The van der Waals surface area contributed by atoms with Gasteiger partial charge in [-0.25, -0.2) is 0 Å². The standard InChI is InChI=1S/C12H17BrN2O/c1-3-14-7-6-12(16)15-11-8-9(2)4-5-10(11)13/h4-5,8,14H,3,6-7H2,1-2H3,(H,15,16). The molecule has 4 heteroatoms. The predicted octanol–water partition coefficient (Wildman–Crippen LogP) is 2.70. The second-order valence-electron chi connectivity index (χ2n) is 3.64. The number of rotatable bonds is 5. The van der Waals surface area contributed by atoms with E-state index in [1.807, 2.05) is 32.0 Å². The van der Waals surface area contributed by atoms with Crippen molar-refractivity contribution >= 4 is 27.5 Å². The summed E-state index contributed by atoms with van der Waals surface area (Å²) < 4.78 is 0.912. The van der Waals surface area contributed by atoms with Crippen LogP contribution < -0.4 is 10.6 Å². The molecule has 0 aliphatic heterocycles. The number of carbonyl (C=O) groups excluding carboxylic acids is 1. The van der Waals surface area contributed by atoms with E-state index in [4.69, 9.17) is 0 Å². The molecule has 0 bridgehead atoms. The molecule has 1 amide bonds. The molecule has 1 rings (SSSR count). The third kappa shape index (κ3) is 4.33. The fourth-order valence-corrected chi connectivity index (χ4v) is 1.67. The zero-order valence-electron chi connectivity index (χ0n) is 9.64. The van der Waals surface area contributed by atoms with Crippen LogP contribution in [0.4, 0.5) is 5.69 Å². The second kappa shape index (κ2) is 6.66. The van der Waals surface area contributed by atoms with Crippen LogP contribution in [0.2, 0.25) is 0 Å². The Labute approximate surface area is 105 Å². The Morgan fingerprint density at radius 2 is 2.19 bits per heavy atom. The van der Waals surface area contributed by atoms with E-state index in [1.165, 1.54) is 0 Å². The van der Waals surface area contributed by atoms with Gasteiger partial charge in [-0.2, -0.15) is 0 Å². The second-order valence-corrected chi connectivity index (χ2v) is 4.49. The molecule has 0 atom stereocenters. The first-order valence-electron chi connectivity index (χ1n) is 5.40. The summed E-state index contributed by atoms with van der Waals surface area (Å²) in [6.07, 6.45) is 0.494. The Kier molecular flexibility index (Phi) is 5.49. The normalized spacial score (nSPS) is 10.2. The summed E-state index contributed by atoms with van der Waals surface area (Å²) in [5.74, 6) is 0.0345. The minimum absolute atomic E-state index is 0.0345. The number of aryl methyl sites for hydroxylation is 1. The first kappa shape index (κ1) is 13.2. The van der Waals surface area contributed by atoms with E-state index in [2.05, 4.69) is 26.6 Å². The average Bonchev–Trinajstić information content (AvgIpc) is 2.24. The molecular formula is C12H17BrN2O. The monoisotopic (exact) mass is 284 g/mol. The highest BCUT2D eigenvalue weighted by atomic mass is 79.9. The van der Waals surface area contributed by atoms with Crippen molar-refractivity contribution in [1.29, 1.82) is 0 Å². The van der Waals surface area contributed by atoms with Crippen LogP contribution >= 0.6 is 15.9 Å². The summed E-state index contributed by atoms with van der Waals surface area (Å²) in [4.78, 5) is 11.6. The Morgan fingerprint density at radius 1 is 1.44 bits per heavy atom. The number of benzene rings is 1. The van der Waals surface area contributed by atoms with E-state index in [9.17, 15) is 4.79 Å². The molecule has 0 spiro atoms. The molecule has 1 aromatic carbocycles. The lowest BCUT2D eigenvalue weighted by atomic mass is 10.2. The molecule has 0 unspecified atom stereocenters. The Hall–Kier alpha value is -0.870. The predicted molar refractivity (Wildman–Crippen MR) is 70.7 cm³/mol. The summed E-state index contributed by atoms with van der Waals surface area (Å²) in [5.41, 5.74) is 1.96. The quantitative estimate of drug-likeness (QED) is 0.817. The molecule has 0 saturated carbocycles. The summed E-state index contributed by atoms with van der Waals surface area (Å²) in [6, 6.07) is 5.89. The van der Waals surface area contributed by atoms with Gasteiger partial charge in [0.25, 0.3) is 0 Å². The highest BCUT2D eigenvalue weighted by Crippen LogP contribution is 2.23. The fraction of sp³-hybridized carbons (Fsp3) is 0.417. The third-order valence-electron chi connectivity index (χ3n) is 2.17. The van der Waals surface area contributed by atoms with Crippen molar-refractivity contribution in [3.63, 3.8) is 0 Å². The van der Waals surface area contributed by atoms with E-state index in [0.717, 1.165) is 22.3 Å². The zero-order chi connectivity index (χ0) is 12.0. The zero-order valence-corrected chi connectivity index (χ0v) is 11.2. The van der Waals surface area contributed by atoms with Crippen molar-refractivity contribution in [3.8, 4) is 0 Å². The summed E-state index contributed by atoms with van der Waals surface area (Å²) in [5, 5.41) is 6.00. The summed E-state index contributed by atoms with van der Waals surface area (Å²) in [7, 11) is 0. The number of carbonyl (C=O) groups is 1. The maximum Gasteiger partial charge on any atom is 0.225 e. The number of halogens is 1. The molecule has 0 fully saturated rings. The highest BCUT2D eigenvalue weighted by molar-refractivity contribution is 9.10. The number of hydrogen-bond acceptors (Lipinski definition) is 2. The van der Waals surface area contributed by atoms with Crippen LogP contribution in [0.1, 0.15) is 18.9 Å². The molecule has 16 heavy (non-hydrogen) atoms. The Morgan fingerprint density at radius 3 is 2.88 bits per heavy atom. The molecular weight excluding hydrogens is 268 g/mol. The molecule has 88 valence electrons. The van der Waals surface area contributed by atoms with Crippen molar-refractivity contribution < 1.29 is 4.79 Å². The number of hydrogen-bond donors (Lipinski definition) is 2. The van der Waals surface area contributed by atoms with Gasteiger partial charge in [-0.15, -0.1) is 0 Å². The molecule has 0 heterocycles. The van der Waals surface area contributed by atoms with Gasteiger partial charge in [-0.3, -0.25) is 4.79 Å². The smallest absolute Gasteiger partial charge is 0.225 e. The van der Waals surface area contributed by atoms with Gasteiger partial charge < -0.3 is 10.6 Å². The lowest BCUT2D eigenvalue weighted by Crippen LogP contribution is -2.21. The molecule has 0 radical (unpaired) electrons. The van der Waals surface area contributed by atoms with Crippen LogP contribution in [-0.2, 0) is 4.79 Å². The maximum atomic E-state index is 11.6. The van der Waals surface area contributed by atoms with E-state index in [0.29, 0.717) is 13.0 Å². The van der Waals surface area contributed by atoms with E-state index < -0.39 is 0 Å². The van der Waals surface area contributed by atoms with Gasteiger partial charge in [-0.05, 0) is 47.1 Å². The van der Waals surface area contributed by atoms with Gasteiger partial charge in [-0.1, -0.05) is 13.0 Å². The molecule has 3 nitrogen and oxygen atoms in total. The molecule has 0 saturated heterocycles. The van der Waals surface area contributed by atoms with Crippen LogP contribution in [0.3, 0.4) is 0 Å². The van der Waals surface area contributed by atoms with E-state index in [-0.39, 0.29) is 5.91 Å². The molecule has 0 aliphatic carbocycles. The van der Waals surface area contributed by atoms with Crippen molar-refractivity contribution in [2.75, 3.05) is 18.4 Å². The molecule has 0 aliphatic rings. The first-order chi connectivity index (χ1) is 7.63. The lowest BCUT2D eigenvalue weighted by molar-refractivity contribution is -0.116. The number of nitrogens with one attached hydrogen (secondary N) is 2. The Balaban J connectivity index is 2.52. The van der Waals surface area contributed by atoms with Crippen molar-refractivity contribution in [1.82, 2.24) is 5.32 Å². The van der Waals surface area contributed by atoms with Crippen molar-refractivity contribution in [2.45, 2.75) is 20.3 Å². The van der Waals surface area contributed by atoms with E-state index in [1.54, 1.807) is 0 Å².